The molecule has 24 heavy (non-hydrogen) atoms. The van der Waals surface area contributed by atoms with Crippen molar-refractivity contribution in [2.75, 3.05) is 12.3 Å². The Morgan fingerprint density at radius 2 is 1.88 bits per heavy atom. The lowest BCUT2D eigenvalue weighted by Crippen LogP contribution is -2.33. The highest BCUT2D eigenvalue weighted by atomic mass is 32.2. The summed E-state index contributed by atoms with van der Waals surface area (Å²) in [5.74, 6) is -0.927. The first-order chi connectivity index (χ1) is 11.3. The van der Waals surface area contributed by atoms with Gasteiger partial charge in [-0.15, -0.1) is 10.2 Å². The van der Waals surface area contributed by atoms with E-state index in [2.05, 4.69) is 15.5 Å². The van der Waals surface area contributed by atoms with Crippen molar-refractivity contribution in [1.29, 1.82) is 0 Å². The quantitative estimate of drug-likeness (QED) is 0.815. The van der Waals surface area contributed by atoms with E-state index in [4.69, 9.17) is 0 Å². The molecule has 1 unspecified atom stereocenters. The molecule has 0 saturated carbocycles. The minimum atomic E-state index is -3.87. The number of rotatable bonds is 7. The van der Waals surface area contributed by atoms with Crippen LogP contribution < -0.4 is 5.32 Å². The zero-order valence-electron chi connectivity index (χ0n) is 14.0. The van der Waals surface area contributed by atoms with Crippen LogP contribution >= 0.6 is 0 Å². The Morgan fingerprint density at radius 1 is 1.21 bits per heavy atom. The highest BCUT2D eigenvalue weighted by Gasteiger charge is 2.27. The molecule has 0 spiro atoms. The summed E-state index contributed by atoms with van der Waals surface area (Å²) in [5, 5.41) is 9.86. The largest absolute Gasteiger partial charge is 0.355 e. The Morgan fingerprint density at radius 3 is 2.50 bits per heavy atom. The number of carbonyl (C=O) groups excluding carboxylic acids is 1. The molecule has 0 aliphatic rings. The van der Waals surface area contributed by atoms with Crippen LogP contribution in [0.3, 0.4) is 0 Å². The Labute approximate surface area is 142 Å². The summed E-state index contributed by atoms with van der Waals surface area (Å²) in [4.78, 5) is 11.9. The summed E-state index contributed by atoms with van der Waals surface area (Å²) in [5.41, 5.74) is 0.929. The fourth-order valence-electron chi connectivity index (χ4n) is 2.22. The third-order valence-corrected chi connectivity index (χ3v) is 5.04. The van der Waals surface area contributed by atoms with Gasteiger partial charge in [0.25, 0.3) is 5.16 Å². The van der Waals surface area contributed by atoms with E-state index >= 15 is 0 Å². The van der Waals surface area contributed by atoms with Crippen LogP contribution in [0.4, 0.5) is 0 Å². The number of hydrogen-bond donors (Lipinski definition) is 1. The van der Waals surface area contributed by atoms with E-state index in [9.17, 15) is 13.2 Å². The van der Waals surface area contributed by atoms with Crippen LogP contribution in [0.15, 0.2) is 41.8 Å². The van der Waals surface area contributed by atoms with Gasteiger partial charge in [-0.05, 0) is 18.4 Å². The lowest BCUT2D eigenvalue weighted by Gasteiger charge is -2.15. The minimum absolute atomic E-state index is 0.196. The monoisotopic (exact) mass is 350 g/mol. The number of aromatic nitrogens is 3. The molecule has 8 heteroatoms. The molecule has 7 nitrogen and oxygen atoms in total. The molecule has 1 aromatic carbocycles. The molecule has 0 radical (unpaired) electrons. The predicted octanol–water partition coefficient (Wildman–Crippen LogP) is 1.43. The van der Waals surface area contributed by atoms with Crippen LogP contribution in [-0.2, 0) is 14.6 Å². The fraction of sp³-hybridized carbons (Fsp3) is 0.438. The van der Waals surface area contributed by atoms with E-state index in [1.54, 1.807) is 0 Å². The maximum atomic E-state index is 12.5. The Bertz CT molecular complexity index is 785. The topological polar surface area (TPSA) is 93.9 Å². The van der Waals surface area contributed by atoms with E-state index < -0.39 is 21.5 Å². The fourth-order valence-corrected chi connectivity index (χ4v) is 3.49. The van der Waals surface area contributed by atoms with Gasteiger partial charge in [0, 0.05) is 6.54 Å². The molecule has 1 heterocycles. The number of carbonyl (C=O) groups is 1. The third kappa shape index (κ3) is 4.41. The molecule has 1 amide bonds. The summed E-state index contributed by atoms with van der Waals surface area (Å²) in [6.07, 6.45) is 1.37. The maximum absolute atomic E-state index is 12.5. The second-order valence-electron chi connectivity index (χ2n) is 6.06. The number of amides is 1. The molecular formula is C16H22N4O3S. The number of hydrogen-bond acceptors (Lipinski definition) is 5. The molecule has 1 atom stereocenters. The van der Waals surface area contributed by atoms with Gasteiger partial charge in [0.05, 0.1) is 6.04 Å². The summed E-state index contributed by atoms with van der Waals surface area (Å²) in [7, 11) is -3.87. The van der Waals surface area contributed by atoms with Crippen LogP contribution in [0.1, 0.15) is 32.4 Å². The first kappa shape index (κ1) is 18.1. The molecule has 0 bridgehead atoms. The first-order valence-corrected chi connectivity index (χ1v) is 9.40. The smallest absolute Gasteiger partial charge is 0.250 e. The summed E-state index contributed by atoms with van der Waals surface area (Å²) >= 11 is 0. The van der Waals surface area contributed by atoms with E-state index in [0.717, 1.165) is 5.56 Å². The van der Waals surface area contributed by atoms with Crippen LogP contribution in [0.2, 0.25) is 0 Å². The SMILES string of the molecule is CC(C)CNC(=O)CS(=O)(=O)c1nncn1C(C)c1ccccc1. The second-order valence-corrected chi connectivity index (χ2v) is 7.95. The third-order valence-electron chi connectivity index (χ3n) is 3.55. The van der Waals surface area contributed by atoms with Crippen molar-refractivity contribution >= 4 is 15.7 Å². The molecule has 0 aliphatic heterocycles. The predicted molar refractivity (Wildman–Crippen MR) is 90.2 cm³/mol. The van der Waals surface area contributed by atoms with Crippen molar-refractivity contribution in [1.82, 2.24) is 20.1 Å². The van der Waals surface area contributed by atoms with Crippen molar-refractivity contribution in [3.63, 3.8) is 0 Å². The zero-order chi connectivity index (χ0) is 17.7. The number of sulfone groups is 1. The average Bonchev–Trinajstić information content (AvgIpc) is 3.03. The Kier molecular flexibility index (Phi) is 5.71. The minimum Gasteiger partial charge on any atom is -0.355 e. The molecule has 0 fully saturated rings. The molecule has 0 aliphatic carbocycles. The maximum Gasteiger partial charge on any atom is 0.250 e. The molecule has 2 rings (SSSR count). The van der Waals surface area contributed by atoms with E-state index in [-0.39, 0.29) is 17.1 Å². The van der Waals surface area contributed by atoms with Gasteiger partial charge in [-0.3, -0.25) is 9.36 Å². The zero-order valence-corrected chi connectivity index (χ0v) is 14.8. The molecule has 1 aromatic heterocycles. The van der Waals surface area contributed by atoms with Gasteiger partial charge in [0.15, 0.2) is 0 Å². The average molecular weight is 350 g/mol. The number of nitrogens with one attached hydrogen (secondary N) is 1. The lowest BCUT2D eigenvalue weighted by atomic mass is 10.1. The normalized spacial score (nSPS) is 13.0. The van der Waals surface area contributed by atoms with Crippen LogP contribution in [-0.4, -0.2) is 41.4 Å². The van der Waals surface area contributed by atoms with Crippen molar-refractivity contribution < 1.29 is 13.2 Å². The Balaban J connectivity index is 2.20. The van der Waals surface area contributed by atoms with Crippen molar-refractivity contribution in [3.8, 4) is 0 Å². The van der Waals surface area contributed by atoms with Gasteiger partial charge < -0.3 is 5.32 Å². The highest BCUT2D eigenvalue weighted by Crippen LogP contribution is 2.21. The van der Waals surface area contributed by atoms with Gasteiger partial charge in [-0.1, -0.05) is 44.2 Å². The van der Waals surface area contributed by atoms with Gasteiger partial charge >= 0.3 is 0 Å². The van der Waals surface area contributed by atoms with Crippen molar-refractivity contribution in [3.05, 3.63) is 42.2 Å². The van der Waals surface area contributed by atoms with Gasteiger partial charge in [-0.25, -0.2) is 8.42 Å². The Hall–Kier alpha value is -2.22. The molecule has 130 valence electrons. The van der Waals surface area contributed by atoms with Crippen molar-refractivity contribution in [2.24, 2.45) is 5.92 Å². The molecule has 2 aromatic rings. The van der Waals surface area contributed by atoms with Gasteiger partial charge in [0.2, 0.25) is 15.7 Å². The summed E-state index contributed by atoms with van der Waals surface area (Å²) in [6.45, 7) is 6.16. The lowest BCUT2D eigenvalue weighted by molar-refractivity contribution is -0.118. The summed E-state index contributed by atoms with van der Waals surface area (Å²) in [6, 6.07) is 9.18. The van der Waals surface area contributed by atoms with Gasteiger partial charge in [0.1, 0.15) is 12.1 Å². The standard InChI is InChI=1S/C16H22N4O3S/c1-12(2)9-17-15(21)10-24(22,23)16-19-18-11-20(16)13(3)14-7-5-4-6-8-14/h4-8,11-13H,9-10H2,1-3H3,(H,17,21). The van der Waals surface area contributed by atoms with E-state index in [0.29, 0.717) is 6.54 Å². The summed E-state index contributed by atoms with van der Waals surface area (Å²) < 4.78 is 26.5. The van der Waals surface area contributed by atoms with Crippen LogP contribution in [0.25, 0.3) is 0 Å². The molecular weight excluding hydrogens is 328 g/mol. The van der Waals surface area contributed by atoms with Crippen LogP contribution in [0, 0.1) is 5.92 Å². The van der Waals surface area contributed by atoms with E-state index in [1.807, 2.05) is 51.1 Å². The molecule has 1 N–H and O–H groups in total. The van der Waals surface area contributed by atoms with Crippen molar-refractivity contribution in [2.45, 2.75) is 32.0 Å². The van der Waals surface area contributed by atoms with E-state index in [1.165, 1.54) is 10.9 Å². The second kappa shape index (κ2) is 7.57. The molecule has 0 saturated heterocycles. The first-order valence-electron chi connectivity index (χ1n) is 7.75. The van der Waals surface area contributed by atoms with Crippen LogP contribution in [0.5, 0.6) is 0 Å². The number of benzene rings is 1. The van der Waals surface area contributed by atoms with Gasteiger partial charge in [-0.2, -0.15) is 0 Å². The highest BCUT2D eigenvalue weighted by molar-refractivity contribution is 7.91. The number of nitrogens with zero attached hydrogens (tertiary/aromatic N) is 3.